The van der Waals surface area contributed by atoms with E-state index in [1.165, 1.54) is 11.1 Å². The Morgan fingerprint density at radius 3 is 2.63 bits per heavy atom. The molecule has 5 rings (SSSR count). The first-order valence-electron chi connectivity index (χ1n) is 11.9. The van der Waals surface area contributed by atoms with E-state index in [1.807, 2.05) is 19.3 Å². The molecule has 0 amide bonds. The van der Waals surface area contributed by atoms with Crippen LogP contribution in [0.15, 0.2) is 66.9 Å². The van der Waals surface area contributed by atoms with Crippen LogP contribution >= 0.6 is 0 Å². The van der Waals surface area contributed by atoms with E-state index in [0.717, 1.165) is 58.6 Å². The standard InChI is InChI=1S/C28H31N7/c1-19-10-12-22(17-23(19)20-11-13-24-21(16-20)18-30-27(29-2)32-24)31-28-33-25-8-5-6-9-26(25)35(28)15-7-14-34(3)4/h5-6,8-13,16-18H,7,14-15H2,1-4H3,(H,31,33)(H,29,30,32). The molecule has 0 aliphatic heterocycles. The molecule has 178 valence electrons. The Balaban J connectivity index is 1.48. The van der Waals surface area contributed by atoms with Crippen molar-refractivity contribution < 1.29 is 0 Å². The predicted octanol–water partition coefficient (Wildman–Crippen LogP) is 5.69. The van der Waals surface area contributed by atoms with Gasteiger partial charge in [0.05, 0.1) is 16.6 Å². The highest BCUT2D eigenvalue weighted by Crippen LogP contribution is 2.31. The second kappa shape index (κ2) is 9.72. The molecule has 3 aromatic carbocycles. The normalized spacial score (nSPS) is 11.5. The van der Waals surface area contributed by atoms with Crippen molar-refractivity contribution in [3.05, 3.63) is 72.4 Å². The van der Waals surface area contributed by atoms with E-state index in [0.29, 0.717) is 5.95 Å². The molecular weight excluding hydrogens is 434 g/mol. The van der Waals surface area contributed by atoms with E-state index in [-0.39, 0.29) is 0 Å². The van der Waals surface area contributed by atoms with Crippen LogP contribution in [0.1, 0.15) is 12.0 Å². The number of anilines is 3. The van der Waals surface area contributed by atoms with Crippen LogP contribution < -0.4 is 10.6 Å². The second-order valence-electron chi connectivity index (χ2n) is 9.10. The Morgan fingerprint density at radius 1 is 0.943 bits per heavy atom. The Hall–Kier alpha value is -3.97. The largest absolute Gasteiger partial charge is 0.357 e. The van der Waals surface area contributed by atoms with Crippen LogP contribution in [0.3, 0.4) is 0 Å². The van der Waals surface area contributed by atoms with Gasteiger partial charge in [0.2, 0.25) is 11.9 Å². The molecular formula is C28H31N7. The number of nitrogens with one attached hydrogen (secondary N) is 2. The number of aryl methyl sites for hydroxylation is 2. The molecule has 35 heavy (non-hydrogen) atoms. The van der Waals surface area contributed by atoms with Crippen molar-refractivity contribution in [1.29, 1.82) is 0 Å². The van der Waals surface area contributed by atoms with Crippen LogP contribution in [0, 0.1) is 6.92 Å². The molecule has 2 heterocycles. The number of rotatable bonds is 8. The van der Waals surface area contributed by atoms with E-state index >= 15 is 0 Å². The number of aromatic nitrogens is 4. The lowest BCUT2D eigenvalue weighted by atomic mass is 9.98. The quantitative estimate of drug-likeness (QED) is 0.307. The molecule has 7 nitrogen and oxygen atoms in total. The SMILES string of the molecule is CNc1ncc2cc(-c3cc(Nc4nc5ccccc5n4CCCN(C)C)ccc3C)ccc2n1. The van der Waals surface area contributed by atoms with Gasteiger partial charge in [0.15, 0.2) is 0 Å². The maximum atomic E-state index is 4.90. The third kappa shape index (κ3) is 4.81. The van der Waals surface area contributed by atoms with Crippen molar-refractivity contribution in [2.24, 2.45) is 0 Å². The topological polar surface area (TPSA) is 70.9 Å². The van der Waals surface area contributed by atoms with Crippen LogP contribution in [0.5, 0.6) is 0 Å². The fourth-order valence-corrected chi connectivity index (χ4v) is 4.40. The van der Waals surface area contributed by atoms with Crippen molar-refractivity contribution >= 4 is 39.5 Å². The van der Waals surface area contributed by atoms with Gasteiger partial charge >= 0.3 is 0 Å². The first-order valence-corrected chi connectivity index (χ1v) is 11.9. The van der Waals surface area contributed by atoms with Crippen molar-refractivity contribution in [3.8, 4) is 11.1 Å². The lowest BCUT2D eigenvalue weighted by Crippen LogP contribution is -2.15. The summed E-state index contributed by atoms with van der Waals surface area (Å²) in [4.78, 5) is 16.0. The Bertz CT molecular complexity index is 1490. The number of nitrogens with zero attached hydrogens (tertiary/aromatic N) is 5. The van der Waals surface area contributed by atoms with Crippen molar-refractivity contribution in [1.82, 2.24) is 24.4 Å². The lowest BCUT2D eigenvalue weighted by Gasteiger charge is -2.15. The summed E-state index contributed by atoms with van der Waals surface area (Å²) in [6.45, 7) is 4.07. The van der Waals surface area contributed by atoms with Gasteiger partial charge in [-0.1, -0.05) is 24.3 Å². The van der Waals surface area contributed by atoms with Gasteiger partial charge in [-0.05, 0) is 87.1 Å². The first-order chi connectivity index (χ1) is 17.0. The summed E-state index contributed by atoms with van der Waals surface area (Å²) >= 11 is 0. The van der Waals surface area contributed by atoms with Crippen LogP contribution in [0.4, 0.5) is 17.6 Å². The maximum absolute atomic E-state index is 4.90. The van der Waals surface area contributed by atoms with Crippen molar-refractivity contribution in [3.63, 3.8) is 0 Å². The third-order valence-corrected chi connectivity index (χ3v) is 6.25. The van der Waals surface area contributed by atoms with Crippen molar-refractivity contribution in [2.75, 3.05) is 38.3 Å². The zero-order valence-corrected chi connectivity index (χ0v) is 20.7. The fourth-order valence-electron chi connectivity index (χ4n) is 4.40. The van der Waals surface area contributed by atoms with Crippen LogP contribution in [-0.4, -0.2) is 52.1 Å². The minimum atomic E-state index is 0.626. The average Bonchev–Trinajstić information content (AvgIpc) is 3.21. The Kier molecular flexibility index (Phi) is 6.33. The van der Waals surface area contributed by atoms with Crippen LogP contribution in [-0.2, 0) is 6.54 Å². The van der Waals surface area contributed by atoms with Gasteiger partial charge in [-0.25, -0.2) is 15.0 Å². The Labute approximate surface area is 205 Å². The van der Waals surface area contributed by atoms with Gasteiger partial charge in [-0.3, -0.25) is 0 Å². The van der Waals surface area contributed by atoms with Gasteiger partial charge in [-0.15, -0.1) is 0 Å². The molecule has 0 bridgehead atoms. The van der Waals surface area contributed by atoms with Gasteiger partial charge < -0.3 is 20.1 Å². The summed E-state index contributed by atoms with van der Waals surface area (Å²) in [6.07, 6.45) is 2.92. The summed E-state index contributed by atoms with van der Waals surface area (Å²) in [5.74, 6) is 1.49. The number of fused-ring (bicyclic) bond motifs is 2. The van der Waals surface area contributed by atoms with E-state index < -0.39 is 0 Å². The number of hydrogen-bond donors (Lipinski definition) is 2. The molecule has 0 radical (unpaired) electrons. The zero-order chi connectivity index (χ0) is 24.4. The minimum Gasteiger partial charge on any atom is -0.357 e. The molecule has 2 N–H and O–H groups in total. The van der Waals surface area contributed by atoms with E-state index in [2.05, 4.69) is 106 Å². The highest BCUT2D eigenvalue weighted by atomic mass is 15.2. The molecule has 5 aromatic rings. The second-order valence-corrected chi connectivity index (χ2v) is 9.10. The van der Waals surface area contributed by atoms with Gasteiger partial charge in [0, 0.05) is 30.9 Å². The minimum absolute atomic E-state index is 0.626. The third-order valence-electron chi connectivity index (χ3n) is 6.25. The van der Waals surface area contributed by atoms with E-state index in [4.69, 9.17) is 4.98 Å². The molecule has 0 saturated carbocycles. The monoisotopic (exact) mass is 465 g/mol. The summed E-state index contributed by atoms with van der Waals surface area (Å²) in [5.41, 5.74) is 7.60. The molecule has 0 spiro atoms. The molecule has 7 heteroatoms. The molecule has 0 saturated heterocycles. The fraction of sp³-hybridized carbons (Fsp3) is 0.250. The zero-order valence-electron chi connectivity index (χ0n) is 20.7. The molecule has 2 aromatic heterocycles. The maximum Gasteiger partial charge on any atom is 0.222 e. The molecule has 0 aliphatic rings. The number of benzene rings is 3. The first kappa shape index (κ1) is 22.8. The predicted molar refractivity (Wildman–Crippen MR) is 145 cm³/mol. The highest BCUT2D eigenvalue weighted by Gasteiger charge is 2.12. The smallest absolute Gasteiger partial charge is 0.222 e. The molecule has 0 unspecified atom stereocenters. The summed E-state index contributed by atoms with van der Waals surface area (Å²) in [7, 11) is 6.04. The molecule has 0 aliphatic carbocycles. The number of para-hydroxylation sites is 2. The average molecular weight is 466 g/mol. The van der Waals surface area contributed by atoms with Gasteiger partial charge in [-0.2, -0.15) is 0 Å². The Morgan fingerprint density at radius 2 is 1.80 bits per heavy atom. The van der Waals surface area contributed by atoms with Gasteiger partial charge in [0.1, 0.15) is 0 Å². The molecule has 0 fully saturated rings. The van der Waals surface area contributed by atoms with Crippen LogP contribution in [0.25, 0.3) is 33.1 Å². The summed E-state index contributed by atoms with van der Waals surface area (Å²) < 4.78 is 2.28. The number of imidazole rings is 1. The summed E-state index contributed by atoms with van der Waals surface area (Å²) in [6, 6.07) is 21.1. The lowest BCUT2D eigenvalue weighted by molar-refractivity contribution is 0.388. The van der Waals surface area contributed by atoms with E-state index in [1.54, 1.807) is 0 Å². The van der Waals surface area contributed by atoms with Crippen molar-refractivity contribution in [2.45, 2.75) is 19.9 Å². The van der Waals surface area contributed by atoms with E-state index in [9.17, 15) is 0 Å². The number of hydrogen-bond acceptors (Lipinski definition) is 6. The van der Waals surface area contributed by atoms with Crippen LogP contribution in [0.2, 0.25) is 0 Å². The molecule has 0 atom stereocenters. The summed E-state index contributed by atoms with van der Waals surface area (Å²) in [5, 5.41) is 7.61. The highest BCUT2D eigenvalue weighted by molar-refractivity contribution is 5.86. The van der Waals surface area contributed by atoms with Gasteiger partial charge in [0.25, 0.3) is 0 Å².